The van der Waals surface area contributed by atoms with Crippen molar-refractivity contribution in [2.24, 2.45) is 0 Å². The van der Waals surface area contributed by atoms with Crippen molar-refractivity contribution in [3.63, 3.8) is 0 Å². The van der Waals surface area contributed by atoms with E-state index < -0.39 is 0 Å². The van der Waals surface area contributed by atoms with Gasteiger partial charge >= 0.3 is 0 Å². The first-order valence-corrected chi connectivity index (χ1v) is 8.52. The first-order chi connectivity index (χ1) is 10.7. The van der Waals surface area contributed by atoms with E-state index in [-0.39, 0.29) is 0 Å². The van der Waals surface area contributed by atoms with Crippen molar-refractivity contribution in [2.45, 2.75) is 46.6 Å². The van der Waals surface area contributed by atoms with E-state index in [1.807, 2.05) is 0 Å². The molecule has 0 fully saturated rings. The maximum Gasteiger partial charge on any atom is 0.0387 e. The molecule has 1 aliphatic rings. The number of nitrogens with zero attached hydrogens (tertiary/aromatic N) is 2. The lowest BCUT2D eigenvalue weighted by Crippen LogP contribution is -2.35. The van der Waals surface area contributed by atoms with Gasteiger partial charge in [-0.25, -0.2) is 0 Å². The Balaban J connectivity index is 2.08. The summed E-state index contributed by atoms with van der Waals surface area (Å²) in [5, 5.41) is 0. The Kier molecular flexibility index (Phi) is 6.26. The number of aryl methyl sites for hydroxylation is 1. The first-order valence-electron chi connectivity index (χ1n) is 8.52. The van der Waals surface area contributed by atoms with E-state index in [1.54, 1.807) is 11.1 Å². The number of benzene rings is 1. The maximum atomic E-state index is 2.56. The maximum absolute atomic E-state index is 2.56. The van der Waals surface area contributed by atoms with E-state index >= 15 is 0 Å². The topological polar surface area (TPSA) is 6.48 Å². The number of likely N-dealkylation sites (N-methyl/N-ethyl adjacent to an activating group) is 1. The number of allylic oxidation sites excluding steroid dienone is 2. The third-order valence-electron chi connectivity index (χ3n) is 4.51. The van der Waals surface area contributed by atoms with E-state index in [2.05, 4.69) is 74.2 Å². The molecule has 0 unspecified atom stereocenters. The lowest BCUT2D eigenvalue weighted by Gasteiger charge is -2.32. The van der Waals surface area contributed by atoms with Crippen LogP contribution in [0.3, 0.4) is 0 Å². The minimum Gasteiger partial charge on any atom is -0.354 e. The van der Waals surface area contributed by atoms with Gasteiger partial charge in [-0.2, -0.15) is 0 Å². The molecule has 0 radical (unpaired) electrons. The van der Waals surface area contributed by atoms with Gasteiger partial charge in [-0.3, -0.25) is 4.90 Å². The van der Waals surface area contributed by atoms with E-state index in [4.69, 9.17) is 0 Å². The van der Waals surface area contributed by atoms with Crippen LogP contribution in [0.2, 0.25) is 0 Å². The van der Waals surface area contributed by atoms with Crippen LogP contribution in [0.4, 0.5) is 0 Å². The lowest BCUT2D eigenvalue weighted by atomic mass is 9.92. The summed E-state index contributed by atoms with van der Waals surface area (Å²) in [5.74, 6) is 0. The zero-order valence-corrected chi connectivity index (χ0v) is 14.6. The average molecular weight is 298 g/mol. The molecule has 0 spiro atoms. The molecular formula is C20H30N2. The molecule has 22 heavy (non-hydrogen) atoms. The molecule has 2 heteroatoms. The van der Waals surface area contributed by atoms with Crippen molar-refractivity contribution >= 4 is 0 Å². The highest BCUT2D eigenvalue weighted by Gasteiger charge is 2.19. The monoisotopic (exact) mass is 298 g/mol. The van der Waals surface area contributed by atoms with Crippen molar-refractivity contribution in [1.82, 2.24) is 9.80 Å². The summed E-state index contributed by atoms with van der Waals surface area (Å²) >= 11 is 0. The standard InChI is InChI=1S/C20H30N2/c1-5-9-17-10-8-11-18-15-22(14-12-20(17)18)16-19(7-3)21(4)13-6-2/h6-8,10-11,13H,5,9,12,14-16H2,1-4H3/b13-6-,19-7-. The summed E-state index contributed by atoms with van der Waals surface area (Å²) < 4.78 is 0. The van der Waals surface area contributed by atoms with Gasteiger partial charge in [-0.1, -0.05) is 43.7 Å². The summed E-state index contributed by atoms with van der Waals surface area (Å²) in [5.41, 5.74) is 6.08. The molecule has 1 aromatic carbocycles. The van der Waals surface area contributed by atoms with Crippen LogP contribution in [0.15, 0.2) is 42.2 Å². The van der Waals surface area contributed by atoms with Crippen LogP contribution < -0.4 is 0 Å². The summed E-state index contributed by atoms with van der Waals surface area (Å²) in [6.45, 7) is 9.73. The van der Waals surface area contributed by atoms with Gasteiger partial charge in [-0.15, -0.1) is 0 Å². The summed E-state index contributed by atoms with van der Waals surface area (Å²) in [6.07, 6.45) is 10.1. The second-order valence-electron chi connectivity index (χ2n) is 6.14. The Labute approximate surface area is 136 Å². The Morgan fingerprint density at radius 1 is 1.32 bits per heavy atom. The fraction of sp³-hybridized carbons (Fsp3) is 0.500. The van der Waals surface area contributed by atoms with Crippen LogP contribution in [0, 0.1) is 0 Å². The SMILES string of the molecule is C/C=C\N(C)/C(=C\C)CN1CCc2c(CCC)cccc2C1. The van der Waals surface area contributed by atoms with Crippen molar-refractivity contribution in [2.75, 3.05) is 20.1 Å². The largest absolute Gasteiger partial charge is 0.354 e. The fourth-order valence-corrected chi connectivity index (χ4v) is 3.34. The number of rotatable bonds is 6. The average Bonchev–Trinajstić information content (AvgIpc) is 2.53. The van der Waals surface area contributed by atoms with E-state index in [1.165, 1.54) is 30.5 Å². The van der Waals surface area contributed by atoms with Crippen LogP contribution in [0.1, 0.15) is 43.9 Å². The van der Waals surface area contributed by atoms with E-state index in [9.17, 15) is 0 Å². The van der Waals surface area contributed by atoms with E-state index in [0.29, 0.717) is 0 Å². The molecule has 120 valence electrons. The number of fused-ring (bicyclic) bond motifs is 1. The Morgan fingerprint density at radius 2 is 2.14 bits per heavy atom. The first kappa shape index (κ1) is 16.8. The molecule has 2 rings (SSSR count). The normalized spacial score (nSPS) is 16.1. The minimum absolute atomic E-state index is 1.02. The number of hydrogen-bond donors (Lipinski definition) is 0. The van der Waals surface area contributed by atoms with Gasteiger partial charge in [0.05, 0.1) is 0 Å². The molecular weight excluding hydrogens is 268 g/mol. The van der Waals surface area contributed by atoms with Crippen molar-refractivity contribution < 1.29 is 0 Å². The third kappa shape index (κ3) is 4.01. The highest BCUT2D eigenvalue weighted by Crippen LogP contribution is 2.24. The Hall–Kier alpha value is -1.54. The molecule has 0 aliphatic carbocycles. The second kappa shape index (κ2) is 8.19. The van der Waals surface area contributed by atoms with Gasteiger partial charge in [0.15, 0.2) is 0 Å². The Morgan fingerprint density at radius 3 is 2.82 bits per heavy atom. The number of hydrogen-bond acceptors (Lipinski definition) is 2. The summed E-state index contributed by atoms with van der Waals surface area (Å²) in [6, 6.07) is 6.86. The molecule has 0 aromatic heterocycles. The van der Waals surface area contributed by atoms with Gasteiger partial charge in [0.25, 0.3) is 0 Å². The summed E-state index contributed by atoms with van der Waals surface area (Å²) in [7, 11) is 2.13. The molecule has 0 saturated carbocycles. The highest BCUT2D eigenvalue weighted by molar-refractivity contribution is 5.37. The van der Waals surface area contributed by atoms with Crippen LogP contribution in [0.25, 0.3) is 0 Å². The molecule has 1 aliphatic heterocycles. The second-order valence-corrected chi connectivity index (χ2v) is 6.14. The fourth-order valence-electron chi connectivity index (χ4n) is 3.34. The zero-order chi connectivity index (χ0) is 15.9. The smallest absolute Gasteiger partial charge is 0.0387 e. The summed E-state index contributed by atoms with van der Waals surface area (Å²) in [4.78, 5) is 4.79. The van der Waals surface area contributed by atoms with Crippen molar-refractivity contribution in [3.8, 4) is 0 Å². The van der Waals surface area contributed by atoms with Crippen molar-refractivity contribution in [1.29, 1.82) is 0 Å². The van der Waals surface area contributed by atoms with Crippen molar-refractivity contribution in [3.05, 3.63) is 58.9 Å². The molecule has 0 bridgehead atoms. The van der Waals surface area contributed by atoms with Crippen LogP contribution in [-0.2, 0) is 19.4 Å². The predicted molar refractivity (Wildman–Crippen MR) is 95.8 cm³/mol. The quantitative estimate of drug-likeness (QED) is 0.769. The van der Waals surface area contributed by atoms with E-state index in [0.717, 1.165) is 19.6 Å². The predicted octanol–water partition coefficient (Wildman–Crippen LogP) is 4.37. The molecule has 0 saturated heterocycles. The third-order valence-corrected chi connectivity index (χ3v) is 4.51. The zero-order valence-electron chi connectivity index (χ0n) is 14.6. The Bertz CT molecular complexity index is 543. The van der Waals surface area contributed by atoms with Gasteiger partial charge < -0.3 is 4.90 Å². The molecule has 0 N–H and O–H groups in total. The van der Waals surface area contributed by atoms with Gasteiger partial charge in [0, 0.05) is 32.4 Å². The van der Waals surface area contributed by atoms with Crippen LogP contribution >= 0.6 is 0 Å². The highest BCUT2D eigenvalue weighted by atomic mass is 15.2. The minimum atomic E-state index is 1.02. The molecule has 0 atom stereocenters. The molecule has 0 amide bonds. The molecule has 2 nitrogen and oxygen atoms in total. The van der Waals surface area contributed by atoms with Gasteiger partial charge in [0.1, 0.15) is 0 Å². The van der Waals surface area contributed by atoms with Crippen LogP contribution in [0.5, 0.6) is 0 Å². The molecule has 1 heterocycles. The van der Waals surface area contributed by atoms with Crippen LogP contribution in [-0.4, -0.2) is 29.9 Å². The molecule has 1 aromatic rings. The van der Waals surface area contributed by atoms with Gasteiger partial charge in [-0.05, 0) is 49.6 Å². The lowest BCUT2D eigenvalue weighted by molar-refractivity contribution is 0.258. The van der Waals surface area contributed by atoms with Gasteiger partial charge in [0.2, 0.25) is 0 Å².